The Hall–Kier alpha value is -2.97. The van der Waals surface area contributed by atoms with E-state index in [1.807, 2.05) is 56.6 Å². The van der Waals surface area contributed by atoms with Crippen LogP contribution in [0.5, 0.6) is 0 Å². The molecule has 24 heavy (non-hydrogen) atoms. The molecule has 0 aliphatic heterocycles. The van der Waals surface area contributed by atoms with Gasteiger partial charge in [-0.2, -0.15) is 5.26 Å². The van der Waals surface area contributed by atoms with Crippen molar-refractivity contribution in [1.29, 1.82) is 5.26 Å². The van der Waals surface area contributed by atoms with E-state index in [9.17, 15) is 5.26 Å². The van der Waals surface area contributed by atoms with Crippen LogP contribution >= 0.6 is 0 Å². The molecule has 0 bridgehead atoms. The number of likely N-dealkylation sites (N-methyl/N-ethyl adjacent to an activating group) is 2. The zero-order chi connectivity index (χ0) is 16.9. The monoisotopic (exact) mass is 317 g/mol. The summed E-state index contributed by atoms with van der Waals surface area (Å²) in [5.41, 5.74) is 4.03. The molecule has 0 unspecified atom stereocenters. The van der Waals surface area contributed by atoms with Crippen LogP contribution in [0.15, 0.2) is 48.5 Å². The van der Waals surface area contributed by atoms with Crippen molar-refractivity contribution < 1.29 is 0 Å². The van der Waals surface area contributed by atoms with Gasteiger partial charge in [-0.25, -0.2) is 9.97 Å². The standard InChI is InChI=1S/C19H19N5/c1-21-10-11-24(2)19-18(15-7-5-6-14(12-15)13-20)22-16-8-3-4-9-17(16)23-19/h3-9,12,21H,10-11H2,1-2H3. The average Bonchev–Trinajstić information content (AvgIpc) is 2.65. The zero-order valence-corrected chi connectivity index (χ0v) is 13.8. The Morgan fingerprint density at radius 1 is 1.08 bits per heavy atom. The second-order valence-electron chi connectivity index (χ2n) is 5.60. The Morgan fingerprint density at radius 2 is 1.83 bits per heavy atom. The summed E-state index contributed by atoms with van der Waals surface area (Å²) in [5, 5.41) is 12.3. The fraction of sp³-hybridized carbons (Fsp3) is 0.211. The number of hydrogen-bond donors (Lipinski definition) is 1. The Bertz CT molecular complexity index is 898. The van der Waals surface area contributed by atoms with Crippen LogP contribution in [0.1, 0.15) is 5.56 Å². The second kappa shape index (κ2) is 7.07. The van der Waals surface area contributed by atoms with Gasteiger partial charge in [-0.3, -0.25) is 0 Å². The maximum Gasteiger partial charge on any atom is 0.155 e. The topological polar surface area (TPSA) is 64.8 Å². The summed E-state index contributed by atoms with van der Waals surface area (Å²) in [6.45, 7) is 1.66. The molecule has 0 spiro atoms. The number of aromatic nitrogens is 2. The van der Waals surface area contributed by atoms with E-state index >= 15 is 0 Å². The van der Waals surface area contributed by atoms with Gasteiger partial charge in [0, 0.05) is 25.7 Å². The highest BCUT2D eigenvalue weighted by atomic mass is 15.2. The quantitative estimate of drug-likeness (QED) is 0.784. The van der Waals surface area contributed by atoms with Crippen LogP contribution in [0.3, 0.4) is 0 Å². The van der Waals surface area contributed by atoms with Gasteiger partial charge in [0.05, 0.1) is 22.7 Å². The minimum absolute atomic E-state index is 0.617. The number of rotatable bonds is 5. The van der Waals surface area contributed by atoms with E-state index in [4.69, 9.17) is 9.97 Å². The molecule has 1 heterocycles. The highest BCUT2D eigenvalue weighted by molar-refractivity contribution is 5.83. The van der Waals surface area contributed by atoms with Gasteiger partial charge >= 0.3 is 0 Å². The molecule has 1 aromatic heterocycles. The van der Waals surface area contributed by atoms with E-state index in [-0.39, 0.29) is 0 Å². The molecule has 5 heteroatoms. The Morgan fingerprint density at radius 3 is 2.54 bits per heavy atom. The van der Waals surface area contributed by atoms with Gasteiger partial charge in [-0.1, -0.05) is 24.3 Å². The number of hydrogen-bond acceptors (Lipinski definition) is 5. The number of fused-ring (bicyclic) bond motifs is 1. The van der Waals surface area contributed by atoms with Crippen molar-refractivity contribution in [3.05, 3.63) is 54.1 Å². The largest absolute Gasteiger partial charge is 0.357 e. The molecule has 0 fully saturated rings. The smallest absolute Gasteiger partial charge is 0.155 e. The molecule has 0 amide bonds. The van der Waals surface area contributed by atoms with Crippen molar-refractivity contribution in [1.82, 2.24) is 15.3 Å². The van der Waals surface area contributed by atoms with Crippen molar-refractivity contribution in [2.75, 3.05) is 32.1 Å². The molecule has 0 aliphatic carbocycles. The molecule has 1 N–H and O–H groups in total. The predicted molar refractivity (Wildman–Crippen MR) is 96.9 cm³/mol. The normalized spacial score (nSPS) is 10.5. The summed E-state index contributed by atoms with van der Waals surface area (Å²) >= 11 is 0. The van der Waals surface area contributed by atoms with Crippen molar-refractivity contribution in [2.24, 2.45) is 0 Å². The van der Waals surface area contributed by atoms with E-state index in [1.165, 1.54) is 0 Å². The number of anilines is 1. The lowest BCUT2D eigenvalue weighted by Gasteiger charge is -2.21. The van der Waals surface area contributed by atoms with E-state index in [1.54, 1.807) is 6.07 Å². The third-order valence-electron chi connectivity index (χ3n) is 3.88. The first kappa shape index (κ1) is 15.9. The van der Waals surface area contributed by atoms with Crippen molar-refractivity contribution in [3.8, 4) is 17.3 Å². The van der Waals surface area contributed by atoms with Gasteiger partial charge in [0.25, 0.3) is 0 Å². The second-order valence-corrected chi connectivity index (χ2v) is 5.60. The van der Waals surface area contributed by atoms with Gasteiger partial charge in [-0.05, 0) is 31.3 Å². The minimum atomic E-state index is 0.617. The highest BCUT2D eigenvalue weighted by Gasteiger charge is 2.15. The summed E-state index contributed by atoms with van der Waals surface area (Å²) < 4.78 is 0. The maximum atomic E-state index is 9.17. The molecule has 0 radical (unpaired) electrons. The number of benzene rings is 2. The van der Waals surface area contributed by atoms with E-state index < -0.39 is 0 Å². The fourth-order valence-electron chi connectivity index (χ4n) is 2.57. The molecule has 120 valence electrons. The van der Waals surface area contributed by atoms with E-state index in [0.29, 0.717) is 5.56 Å². The number of para-hydroxylation sites is 2. The first-order valence-corrected chi connectivity index (χ1v) is 7.86. The summed E-state index contributed by atoms with van der Waals surface area (Å²) in [5.74, 6) is 0.819. The molecule has 0 saturated carbocycles. The lowest BCUT2D eigenvalue weighted by molar-refractivity contribution is 0.762. The molecular formula is C19H19N5. The Labute approximate surface area is 141 Å². The molecule has 5 nitrogen and oxygen atoms in total. The van der Waals surface area contributed by atoms with Crippen LogP contribution in [0, 0.1) is 11.3 Å². The molecule has 3 aromatic rings. The molecular weight excluding hydrogens is 298 g/mol. The lowest BCUT2D eigenvalue weighted by atomic mass is 10.1. The average molecular weight is 317 g/mol. The predicted octanol–water partition coefficient (Wildman–Crippen LogP) is 2.82. The summed E-state index contributed by atoms with van der Waals surface area (Å²) in [6, 6.07) is 17.5. The van der Waals surface area contributed by atoms with Crippen LogP contribution in [0.25, 0.3) is 22.3 Å². The summed E-state index contributed by atoms with van der Waals surface area (Å²) in [7, 11) is 3.94. The van der Waals surface area contributed by atoms with Crippen LogP contribution in [0.2, 0.25) is 0 Å². The minimum Gasteiger partial charge on any atom is -0.357 e. The van der Waals surface area contributed by atoms with Crippen LogP contribution in [-0.2, 0) is 0 Å². The number of nitriles is 1. The maximum absolute atomic E-state index is 9.17. The molecule has 3 rings (SSSR count). The fourth-order valence-corrected chi connectivity index (χ4v) is 2.57. The summed E-state index contributed by atoms with van der Waals surface area (Å²) in [4.78, 5) is 11.7. The third-order valence-corrected chi connectivity index (χ3v) is 3.88. The van der Waals surface area contributed by atoms with Crippen LogP contribution < -0.4 is 10.2 Å². The molecule has 2 aromatic carbocycles. The van der Waals surface area contributed by atoms with Gasteiger partial charge in [0.1, 0.15) is 5.69 Å². The molecule has 0 aliphatic rings. The lowest BCUT2D eigenvalue weighted by Crippen LogP contribution is -2.28. The molecule has 0 saturated heterocycles. The van der Waals surface area contributed by atoms with Crippen molar-refractivity contribution >= 4 is 16.9 Å². The van der Waals surface area contributed by atoms with E-state index in [2.05, 4.69) is 16.3 Å². The Kier molecular flexibility index (Phi) is 4.69. The summed E-state index contributed by atoms with van der Waals surface area (Å²) in [6.07, 6.45) is 0. The third kappa shape index (κ3) is 3.19. The molecule has 0 atom stereocenters. The van der Waals surface area contributed by atoms with Crippen LogP contribution in [-0.4, -0.2) is 37.2 Å². The van der Waals surface area contributed by atoms with Gasteiger partial charge in [0.15, 0.2) is 5.82 Å². The van der Waals surface area contributed by atoms with Crippen molar-refractivity contribution in [2.45, 2.75) is 0 Å². The van der Waals surface area contributed by atoms with Crippen LogP contribution in [0.4, 0.5) is 5.82 Å². The Balaban J connectivity index is 2.17. The first-order chi connectivity index (χ1) is 11.7. The SMILES string of the molecule is CNCCN(C)c1nc2ccccc2nc1-c1cccc(C#N)c1. The first-order valence-electron chi connectivity index (χ1n) is 7.86. The van der Waals surface area contributed by atoms with Gasteiger partial charge in [0.2, 0.25) is 0 Å². The highest BCUT2D eigenvalue weighted by Crippen LogP contribution is 2.29. The zero-order valence-electron chi connectivity index (χ0n) is 13.8. The van der Waals surface area contributed by atoms with E-state index in [0.717, 1.165) is 41.2 Å². The van der Waals surface area contributed by atoms with Gasteiger partial charge < -0.3 is 10.2 Å². The number of nitrogens with one attached hydrogen (secondary N) is 1. The number of nitrogens with zero attached hydrogens (tertiary/aromatic N) is 4. The van der Waals surface area contributed by atoms with Gasteiger partial charge in [-0.15, -0.1) is 0 Å². The van der Waals surface area contributed by atoms with Crippen molar-refractivity contribution in [3.63, 3.8) is 0 Å².